The third-order valence-corrected chi connectivity index (χ3v) is 6.20. The van der Waals surface area contributed by atoms with E-state index >= 15 is 0 Å². The molecule has 0 aliphatic carbocycles. The van der Waals surface area contributed by atoms with Crippen LogP contribution in [-0.2, 0) is 15.2 Å². The second kappa shape index (κ2) is 8.22. The number of ether oxygens (including phenoxy) is 3. The highest BCUT2D eigenvalue weighted by atomic mass is 16.7. The van der Waals surface area contributed by atoms with Crippen molar-refractivity contribution in [3.05, 3.63) is 83.4 Å². The number of fused-ring (bicyclic) bond motifs is 2. The van der Waals surface area contributed by atoms with Crippen molar-refractivity contribution in [2.24, 2.45) is 11.1 Å². The normalized spacial score (nSPS) is 20.3. The molecule has 2 heterocycles. The summed E-state index contributed by atoms with van der Waals surface area (Å²) in [6, 6.07) is 19.0. The standard InChI is InChI=1S/C26H22N2O6/c1-31-16-10-8-15(9-11-16)24(29)22-23(18-13-12-17(32-2)14-21(18)33-3)28-34-26(22)19-6-4-5-7-20(19)27-25(26)30/h4-14,22H,1-3H3,(H,27,30)/t22-,26+/m1/s1. The first-order chi connectivity index (χ1) is 16.5. The third kappa shape index (κ3) is 3.10. The summed E-state index contributed by atoms with van der Waals surface area (Å²) in [5, 5.41) is 7.15. The molecule has 34 heavy (non-hydrogen) atoms. The minimum absolute atomic E-state index is 0.298. The lowest BCUT2D eigenvalue weighted by molar-refractivity contribution is -0.140. The molecular weight excluding hydrogens is 436 g/mol. The summed E-state index contributed by atoms with van der Waals surface area (Å²) in [6.07, 6.45) is 0. The number of oxime groups is 1. The summed E-state index contributed by atoms with van der Waals surface area (Å²) in [5.41, 5.74) is 0.717. The van der Waals surface area contributed by atoms with Crippen LogP contribution in [0.15, 0.2) is 71.9 Å². The largest absolute Gasteiger partial charge is 0.497 e. The summed E-state index contributed by atoms with van der Waals surface area (Å²) >= 11 is 0. The fourth-order valence-electron chi connectivity index (χ4n) is 4.50. The number of methoxy groups -OCH3 is 3. The molecule has 0 bridgehead atoms. The van der Waals surface area contributed by atoms with Gasteiger partial charge in [0.25, 0.3) is 11.5 Å². The first kappa shape index (κ1) is 21.5. The van der Waals surface area contributed by atoms with E-state index in [0.29, 0.717) is 45.3 Å². The van der Waals surface area contributed by atoms with E-state index in [1.165, 1.54) is 7.11 Å². The topological polar surface area (TPSA) is 95.5 Å². The van der Waals surface area contributed by atoms with Crippen molar-refractivity contribution in [3.8, 4) is 17.2 Å². The zero-order valence-corrected chi connectivity index (χ0v) is 18.8. The summed E-state index contributed by atoms with van der Waals surface area (Å²) in [7, 11) is 4.62. The average molecular weight is 458 g/mol. The minimum atomic E-state index is -1.64. The number of amides is 1. The molecule has 2 atom stereocenters. The van der Waals surface area contributed by atoms with Gasteiger partial charge in [-0.1, -0.05) is 23.4 Å². The van der Waals surface area contributed by atoms with Gasteiger partial charge in [0.2, 0.25) is 0 Å². The van der Waals surface area contributed by atoms with E-state index in [0.717, 1.165) is 0 Å². The number of hydrogen-bond donors (Lipinski definition) is 1. The van der Waals surface area contributed by atoms with Crippen molar-refractivity contribution >= 4 is 23.1 Å². The molecule has 3 aromatic carbocycles. The zero-order chi connectivity index (χ0) is 23.9. The van der Waals surface area contributed by atoms with Crippen LogP contribution in [0.1, 0.15) is 21.5 Å². The monoisotopic (exact) mass is 458 g/mol. The van der Waals surface area contributed by atoms with Crippen LogP contribution < -0.4 is 19.5 Å². The van der Waals surface area contributed by atoms with Crippen LogP contribution in [0, 0.1) is 5.92 Å². The number of Topliss-reactive ketones (excluding diaryl/α,β-unsaturated/α-hetero) is 1. The molecule has 2 aliphatic heterocycles. The van der Waals surface area contributed by atoms with Gasteiger partial charge in [-0.3, -0.25) is 9.59 Å². The third-order valence-electron chi connectivity index (χ3n) is 6.20. The molecule has 1 spiro atoms. The first-order valence-corrected chi connectivity index (χ1v) is 10.6. The van der Waals surface area contributed by atoms with E-state index < -0.39 is 17.4 Å². The van der Waals surface area contributed by atoms with Crippen molar-refractivity contribution in [2.75, 3.05) is 26.6 Å². The van der Waals surface area contributed by atoms with Crippen LogP contribution in [0.3, 0.4) is 0 Å². The molecule has 1 amide bonds. The SMILES string of the molecule is COc1ccc(C(=O)[C@H]2C(c3ccc(OC)cc3OC)=NO[C@]23C(=O)Nc2ccccc23)cc1. The van der Waals surface area contributed by atoms with Gasteiger partial charge < -0.3 is 24.4 Å². The molecule has 5 rings (SSSR count). The van der Waals surface area contributed by atoms with Crippen LogP contribution in [0.5, 0.6) is 17.2 Å². The maximum absolute atomic E-state index is 14.0. The van der Waals surface area contributed by atoms with E-state index in [-0.39, 0.29) is 5.78 Å². The van der Waals surface area contributed by atoms with Crippen LogP contribution in [0.4, 0.5) is 5.69 Å². The van der Waals surface area contributed by atoms with Crippen molar-refractivity contribution in [1.82, 2.24) is 0 Å². The Balaban J connectivity index is 1.69. The molecule has 172 valence electrons. The Kier molecular flexibility index (Phi) is 5.20. The molecule has 0 radical (unpaired) electrons. The maximum Gasteiger partial charge on any atom is 0.277 e. The number of carbonyl (C=O) groups excluding carboxylic acids is 2. The lowest BCUT2D eigenvalue weighted by Gasteiger charge is -2.27. The fraction of sp³-hybridized carbons (Fsp3) is 0.192. The van der Waals surface area contributed by atoms with Gasteiger partial charge in [0, 0.05) is 28.4 Å². The van der Waals surface area contributed by atoms with Crippen LogP contribution in [0.2, 0.25) is 0 Å². The molecule has 1 N–H and O–H groups in total. The van der Waals surface area contributed by atoms with E-state index in [1.807, 2.05) is 6.07 Å². The van der Waals surface area contributed by atoms with Crippen LogP contribution in [-0.4, -0.2) is 38.7 Å². The molecule has 0 fully saturated rings. The summed E-state index contributed by atoms with van der Waals surface area (Å²) in [5.74, 6) is -0.194. The molecular formula is C26H22N2O6. The number of para-hydroxylation sites is 1. The van der Waals surface area contributed by atoms with Gasteiger partial charge >= 0.3 is 0 Å². The fourth-order valence-corrected chi connectivity index (χ4v) is 4.50. The lowest BCUT2D eigenvalue weighted by atomic mass is 9.74. The van der Waals surface area contributed by atoms with E-state index in [4.69, 9.17) is 19.0 Å². The van der Waals surface area contributed by atoms with Gasteiger partial charge in [-0.25, -0.2) is 0 Å². The molecule has 0 aromatic heterocycles. The smallest absolute Gasteiger partial charge is 0.277 e. The summed E-state index contributed by atoms with van der Waals surface area (Å²) < 4.78 is 16.1. The van der Waals surface area contributed by atoms with Gasteiger partial charge in [-0.15, -0.1) is 0 Å². The van der Waals surface area contributed by atoms with Crippen LogP contribution in [0.25, 0.3) is 0 Å². The molecule has 3 aromatic rings. The highest BCUT2D eigenvalue weighted by Gasteiger charge is 2.63. The number of nitrogens with zero attached hydrogens (tertiary/aromatic N) is 1. The highest BCUT2D eigenvalue weighted by molar-refractivity contribution is 6.25. The van der Waals surface area contributed by atoms with Gasteiger partial charge in [-0.2, -0.15) is 0 Å². The maximum atomic E-state index is 14.0. The number of hydrogen-bond acceptors (Lipinski definition) is 7. The Morgan fingerprint density at radius 3 is 2.35 bits per heavy atom. The van der Waals surface area contributed by atoms with Crippen molar-refractivity contribution < 1.29 is 28.6 Å². The predicted octanol–water partition coefficient (Wildman–Crippen LogP) is 3.79. The molecule has 2 aliphatic rings. The van der Waals surface area contributed by atoms with E-state index in [2.05, 4.69) is 10.5 Å². The zero-order valence-electron chi connectivity index (χ0n) is 18.8. The van der Waals surface area contributed by atoms with E-state index in [9.17, 15) is 9.59 Å². The number of rotatable bonds is 6. The van der Waals surface area contributed by atoms with Gasteiger partial charge in [0.1, 0.15) is 28.9 Å². The molecule has 0 saturated heterocycles. The second-order valence-electron chi connectivity index (χ2n) is 7.90. The Morgan fingerprint density at radius 1 is 0.941 bits per heavy atom. The van der Waals surface area contributed by atoms with Gasteiger partial charge in [0.15, 0.2) is 5.78 Å². The Hall–Kier alpha value is -4.33. The lowest BCUT2D eigenvalue weighted by Crippen LogP contribution is -2.46. The minimum Gasteiger partial charge on any atom is -0.497 e. The number of carbonyl (C=O) groups is 2. The van der Waals surface area contributed by atoms with Crippen molar-refractivity contribution in [1.29, 1.82) is 0 Å². The van der Waals surface area contributed by atoms with Crippen LogP contribution >= 0.6 is 0 Å². The first-order valence-electron chi connectivity index (χ1n) is 10.6. The molecule has 8 heteroatoms. The van der Waals surface area contributed by atoms with Gasteiger partial charge in [0.05, 0.1) is 21.3 Å². The summed E-state index contributed by atoms with van der Waals surface area (Å²) in [6.45, 7) is 0. The predicted molar refractivity (Wildman–Crippen MR) is 125 cm³/mol. The number of anilines is 1. The second-order valence-corrected chi connectivity index (χ2v) is 7.90. The van der Waals surface area contributed by atoms with E-state index in [1.54, 1.807) is 74.9 Å². The Labute approximate surface area is 196 Å². The van der Waals surface area contributed by atoms with Crippen molar-refractivity contribution in [3.63, 3.8) is 0 Å². The average Bonchev–Trinajstić information content (AvgIpc) is 3.42. The Bertz CT molecular complexity index is 1320. The number of nitrogens with one attached hydrogen (secondary N) is 1. The highest BCUT2D eigenvalue weighted by Crippen LogP contribution is 2.50. The van der Waals surface area contributed by atoms with Crippen molar-refractivity contribution in [2.45, 2.75) is 5.60 Å². The Morgan fingerprint density at radius 2 is 1.65 bits per heavy atom. The number of ketones is 1. The molecule has 8 nitrogen and oxygen atoms in total. The molecule has 0 saturated carbocycles. The van der Waals surface area contributed by atoms with Gasteiger partial charge in [-0.05, 0) is 42.5 Å². The molecule has 0 unspecified atom stereocenters. The summed E-state index contributed by atoms with van der Waals surface area (Å²) in [4.78, 5) is 33.3. The number of benzene rings is 3. The quantitative estimate of drug-likeness (QED) is 0.565.